The summed E-state index contributed by atoms with van der Waals surface area (Å²) in [7, 11) is 1.75. The fraction of sp³-hybridized carbons (Fsp3) is 0.278. The molecule has 2 aliphatic rings. The molecule has 0 spiro atoms. The Kier molecular flexibility index (Phi) is 7.60. The number of hydrogen-bond acceptors (Lipinski definition) is 5. The molecule has 0 aromatic heterocycles. The maximum absolute atomic E-state index is 5.84. The van der Waals surface area contributed by atoms with Gasteiger partial charge in [0.1, 0.15) is 17.4 Å². The monoisotopic (exact) mass is 542 g/mol. The molecule has 2 heterocycles. The van der Waals surface area contributed by atoms with Gasteiger partial charge in [-0.2, -0.15) is 0 Å². The predicted octanol–water partition coefficient (Wildman–Crippen LogP) is 6.86. The van der Waals surface area contributed by atoms with Crippen molar-refractivity contribution in [1.82, 2.24) is 10.6 Å². The molecule has 4 aromatic rings. The van der Waals surface area contributed by atoms with Gasteiger partial charge in [0.2, 0.25) is 0 Å². The summed E-state index contributed by atoms with van der Waals surface area (Å²) < 4.78 is 5.84. The number of aliphatic imine (C=N–C) groups is 2. The molecule has 0 saturated heterocycles. The summed E-state index contributed by atoms with van der Waals surface area (Å²) in [6, 6.07) is 30.0. The van der Waals surface area contributed by atoms with E-state index in [1.54, 1.807) is 7.11 Å². The average molecular weight is 543 g/mol. The highest BCUT2D eigenvalue weighted by Gasteiger charge is 2.26. The van der Waals surface area contributed by atoms with Crippen molar-refractivity contribution in [2.45, 2.75) is 45.7 Å². The highest BCUT2D eigenvalue weighted by Crippen LogP contribution is 2.40. The van der Waals surface area contributed by atoms with E-state index in [4.69, 9.17) is 14.7 Å². The van der Waals surface area contributed by atoms with E-state index in [-0.39, 0.29) is 12.1 Å². The summed E-state index contributed by atoms with van der Waals surface area (Å²) in [6.07, 6.45) is 1.53. The maximum atomic E-state index is 5.84. The molecule has 0 aliphatic carbocycles. The van der Waals surface area contributed by atoms with E-state index in [0.29, 0.717) is 0 Å². The lowest BCUT2D eigenvalue weighted by Crippen LogP contribution is -2.27. The van der Waals surface area contributed by atoms with E-state index in [2.05, 4.69) is 104 Å². The zero-order valence-electron chi connectivity index (χ0n) is 24.4. The van der Waals surface area contributed by atoms with Crippen molar-refractivity contribution in [3.63, 3.8) is 0 Å². The SMILES string of the molecule is COc1ccccc1-c1c(C)c(CC2=NC[C@H](c3ccccc3)N2)c(C)c(CC2=NC[C@H](c3ccccc3)N2)c1C. The van der Waals surface area contributed by atoms with E-state index in [0.717, 1.165) is 48.9 Å². The first kappa shape index (κ1) is 26.8. The third-order valence-electron chi connectivity index (χ3n) is 8.64. The summed E-state index contributed by atoms with van der Waals surface area (Å²) in [6.45, 7) is 8.29. The Hall–Kier alpha value is -4.38. The Morgan fingerprint density at radius 1 is 0.634 bits per heavy atom. The molecule has 2 atom stereocenters. The van der Waals surface area contributed by atoms with Gasteiger partial charge in [-0.1, -0.05) is 78.9 Å². The van der Waals surface area contributed by atoms with Crippen LogP contribution in [0.5, 0.6) is 5.75 Å². The van der Waals surface area contributed by atoms with Gasteiger partial charge in [-0.25, -0.2) is 0 Å². The topological polar surface area (TPSA) is 58.0 Å². The van der Waals surface area contributed by atoms with Crippen molar-refractivity contribution in [1.29, 1.82) is 0 Å². The first-order valence-corrected chi connectivity index (χ1v) is 14.5. The van der Waals surface area contributed by atoms with Gasteiger partial charge in [0.15, 0.2) is 0 Å². The smallest absolute Gasteiger partial charge is 0.126 e. The molecular weight excluding hydrogens is 504 g/mol. The van der Waals surface area contributed by atoms with Crippen LogP contribution >= 0.6 is 0 Å². The highest BCUT2D eigenvalue weighted by atomic mass is 16.5. The minimum absolute atomic E-state index is 0.220. The molecule has 208 valence electrons. The number of rotatable bonds is 8. The van der Waals surface area contributed by atoms with Gasteiger partial charge < -0.3 is 15.4 Å². The Labute approximate surface area is 243 Å². The fourth-order valence-corrected chi connectivity index (χ4v) is 6.40. The van der Waals surface area contributed by atoms with Crippen LogP contribution in [0.4, 0.5) is 0 Å². The zero-order chi connectivity index (χ0) is 28.3. The molecule has 6 rings (SSSR count). The fourth-order valence-electron chi connectivity index (χ4n) is 6.40. The van der Waals surface area contributed by atoms with Crippen molar-refractivity contribution in [3.05, 3.63) is 124 Å². The zero-order valence-corrected chi connectivity index (χ0v) is 24.4. The van der Waals surface area contributed by atoms with Gasteiger partial charge in [0.25, 0.3) is 0 Å². The highest BCUT2D eigenvalue weighted by molar-refractivity contribution is 5.91. The van der Waals surface area contributed by atoms with Gasteiger partial charge in [-0.15, -0.1) is 0 Å². The first-order valence-electron chi connectivity index (χ1n) is 14.5. The van der Waals surface area contributed by atoms with Crippen LogP contribution in [0.3, 0.4) is 0 Å². The largest absolute Gasteiger partial charge is 0.496 e. The van der Waals surface area contributed by atoms with Crippen molar-refractivity contribution < 1.29 is 4.74 Å². The van der Waals surface area contributed by atoms with Crippen LogP contribution in [0.25, 0.3) is 11.1 Å². The van der Waals surface area contributed by atoms with Crippen molar-refractivity contribution in [2.24, 2.45) is 9.98 Å². The standard InChI is InChI=1S/C36H38N4O/c1-23-29(19-34-37-21-31(39-34)26-13-7-5-8-14-26)24(2)36(28-17-11-12-18-33(28)41-4)25(3)30(23)20-35-38-22-32(40-35)27-15-9-6-10-16-27/h5-18,31-32H,19-22H2,1-4H3,(H,37,39)(H,38,40)/t31-,32-/m1/s1. The quantitative estimate of drug-likeness (QED) is 0.256. The summed E-state index contributed by atoms with van der Waals surface area (Å²) >= 11 is 0. The minimum Gasteiger partial charge on any atom is -0.496 e. The number of nitrogens with one attached hydrogen (secondary N) is 2. The molecule has 0 fully saturated rings. The second-order valence-electron chi connectivity index (χ2n) is 11.1. The van der Waals surface area contributed by atoms with Crippen molar-refractivity contribution >= 4 is 11.7 Å². The Morgan fingerprint density at radius 2 is 1.10 bits per heavy atom. The predicted molar refractivity (Wildman–Crippen MR) is 169 cm³/mol. The number of methoxy groups -OCH3 is 1. The van der Waals surface area contributed by atoms with E-state index in [1.165, 1.54) is 44.5 Å². The molecule has 41 heavy (non-hydrogen) atoms. The number of hydrogen-bond donors (Lipinski definition) is 2. The number of benzene rings is 4. The van der Waals surface area contributed by atoms with E-state index in [9.17, 15) is 0 Å². The van der Waals surface area contributed by atoms with Crippen molar-refractivity contribution in [3.8, 4) is 16.9 Å². The van der Waals surface area contributed by atoms with Gasteiger partial charge in [0, 0.05) is 18.4 Å². The molecule has 2 N–H and O–H groups in total. The van der Waals surface area contributed by atoms with E-state index < -0.39 is 0 Å². The van der Waals surface area contributed by atoms with E-state index in [1.807, 2.05) is 12.1 Å². The first-order chi connectivity index (χ1) is 20.0. The molecule has 0 radical (unpaired) electrons. The maximum Gasteiger partial charge on any atom is 0.126 e. The Balaban J connectivity index is 1.36. The lowest BCUT2D eigenvalue weighted by molar-refractivity contribution is 0.416. The summed E-state index contributed by atoms with van der Waals surface area (Å²) in [4.78, 5) is 9.90. The van der Waals surface area contributed by atoms with Crippen LogP contribution in [0, 0.1) is 20.8 Å². The molecule has 2 aliphatic heterocycles. The molecule has 0 unspecified atom stereocenters. The van der Waals surface area contributed by atoms with Crippen LogP contribution in [0.2, 0.25) is 0 Å². The Bertz CT molecular complexity index is 1510. The van der Waals surface area contributed by atoms with Gasteiger partial charge in [0.05, 0.1) is 32.3 Å². The molecule has 5 nitrogen and oxygen atoms in total. The number of para-hydroxylation sites is 1. The number of nitrogens with zero attached hydrogens (tertiary/aromatic N) is 2. The molecule has 4 aromatic carbocycles. The Morgan fingerprint density at radius 3 is 1.59 bits per heavy atom. The lowest BCUT2D eigenvalue weighted by Gasteiger charge is -2.24. The third kappa shape index (κ3) is 5.37. The average Bonchev–Trinajstić information content (AvgIpc) is 3.69. The molecule has 5 heteroatoms. The third-order valence-corrected chi connectivity index (χ3v) is 8.64. The summed E-state index contributed by atoms with van der Waals surface area (Å²) in [5, 5.41) is 7.42. The van der Waals surface area contributed by atoms with Crippen LogP contribution in [0.15, 0.2) is 94.9 Å². The number of ether oxygens (including phenoxy) is 1. The van der Waals surface area contributed by atoms with Crippen LogP contribution < -0.4 is 15.4 Å². The lowest BCUT2D eigenvalue weighted by atomic mass is 9.82. The molecule has 0 bridgehead atoms. The normalized spacial score (nSPS) is 18.0. The van der Waals surface area contributed by atoms with E-state index >= 15 is 0 Å². The van der Waals surface area contributed by atoms with Crippen LogP contribution in [-0.2, 0) is 12.8 Å². The van der Waals surface area contributed by atoms with Crippen molar-refractivity contribution in [2.75, 3.05) is 20.2 Å². The second kappa shape index (κ2) is 11.6. The van der Waals surface area contributed by atoms with Gasteiger partial charge >= 0.3 is 0 Å². The van der Waals surface area contributed by atoms with Gasteiger partial charge in [-0.3, -0.25) is 9.98 Å². The molecule has 0 saturated carbocycles. The summed E-state index contributed by atoms with van der Waals surface area (Å²) in [5.74, 6) is 2.98. The minimum atomic E-state index is 0.220. The molecule has 0 amide bonds. The van der Waals surface area contributed by atoms with Crippen LogP contribution in [-0.4, -0.2) is 31.9 Å². The number of amidine groups is 2. The van der Waals surface area contributed by atoms with Gasteiger partial charge in [-0.05, 0) is 71.3 Å². The van der Waals surface area contributed by atoms with Crippen LogP contribution in [0.1, 0.15) is 51.0 Å². The summed E-state index contributed by atoms with van der Waals surface area (Å²) in [5.41, 5.74) is 11.4. The second-order valence-corrected chi connectivity index (χ2v) is 11.1. The molecular formula is C36H38N4O.